The van der Waals surface area contributed by atoms with Gasteiger partial charge in [-0.3, -0.25) is 14.3 Å². The molecule has 0 aliphatic heterocycles. The quantitative estimate of drug-likeness (QED) is 0.871. The number of rotatable bonds is 5. The van der Waals surface area contributed by atoms with Crippen molar-refractivity contribution in [3.8, 4) is 0 Å². The molecule has 2 fully saturated rings. The average Bonchev–Trinajstić information content (AvgIpc) is 3.14. The number of nitrogens with one attached hydrogen (secondary N) is 1. The van der Waals surface area contributed by atoms with E-state index in [1.165, 1.54) is 4.57 Å². The van der Waals surface area contributed by atoms with E-state index in [1.807, 2.05) is 0 Å². The summed E-state index contributed by atoms with van der Waals surface area (Å²) in [6, 6.07) is 0. The number of hydrogen-bond acceptors (Lipinski definition) is 5. The number of thiazole rings is 1. The third kappa shape index (κ3) is 2.99. The van der Waals surface area contributed by atoms with Crippen LogP contribution in [0.5, 0.6) is 0 Å². The number of sulfonamides is 1. The highest BCUT2D eigenvalue weighted by Gasteiger charge is 2.46. The Bertz CT molecular complexity index is 734. The van der Waals surface area contributed by atoms with E-state index in [0.29, 0.717) is 12.3 Å². The molecule has 122 valence electrons. The smallest absolute Gasteiger partial charge is 0.303 e. The molecule has 0 radical (unpaired) electrons. The highest BCUT2D eigenvalue weighted by molar-refractivity contribution is 7.90. The molecule has 2 aliphatic carbocycles. The monoisotopic (exact) mass is 344 g/mol. The summed E-state index contributed by atoms with van der Waals surface area (Å²) in [4.78, 5) is 23.4. The molecule has 0 aromatic carbocycles. The number of aromatic nitrogens is 1. The molecular weight excluding hydrogens is 324 g/mol. The highest BCUT2D eigenvalue weighted by atomic mass is 32.2. The second-order valence-electron chi connectivity index (χ2n) is 6.33. The number of carbonyl (C=O) groups excluding carboxylic acids is 1. The largest absolute Gasteiger partial charge is 0.307 e. The van der Waals surface area contributed by atoms with Crippen molar-refractivity contribution >= 4 is 27.3 Å². The second-order valence-corrected chi connectivity index (χ2v) is 9.05. The van der Waals surface area contributed by atoms with Crippen molar-refractivity contribution in [2.45, 2.75) is 50.8 Å². The van der Waals surface area contributed by atoms with Gasteiger partial charge in [0.15, 0.2) is 0 Å². The van der Waals surface area contributed by atoms with Crippen LogP contribution in [0.25, 0.3) is 0 Å². The van der Waals surface area contributed by atoms with Crippen LogP contribution in [0.3, 0.4) is 0 Å². The van der Waals surface area contributed by atoms with E-state index in [0.717, 1.165) is 36.3 Å². The predicted octanol–water partition coefficient (Wildman–Crippen LogP) is 1.24. The molecule has 2 aliphatic rings. The van der Waals surface area contributed by atoms with Gasteiger partial charge in [0.25, 0.3) is 0 Å². The van der Waals surface area contributed by atoms with Gasteiger partial charge in [-0.15, -0.1) is 0 Å². The van der Waals surface area contributed by atoms with Gasteiger partial charge < -0.3 is 4.57 Å². The van der Waals surface area contributed by atoms with Crippen LogP contribution in [0.15, 0.2) is 10.2 Å². The lowest BCUT2D eigenvalue weighted by Gasteiger charge is -2.21. The first-order valence-electron chi connectivity index (χ1n) is 7.56. The summed E-state index contributed by atoms with van der Waals surface area (Å²) in [5, 5.41) is 1.31. The maximum Gasteiger partial charge on any atom is 0.307 e. The van der Waals surface area contributed by atoms with Crippen molar-refractivity contribution in [2.75, 3.05) is 0 Å². The minimum atomic E-state index is -3.59. The van der Waals surface area contributed by atoms with E-state index in [1.54, 1.807) is 12.3 Å². The molecule has 6 nitrogen and oxygen atoms in total. The zero-order chi connectivity index (χ0) is 15.9. The number of hydrogen-bond donors (Lipinski definition) is 1. The van der Waals surface area contributed by atoms with E-state index in [9.17, 15) is 18.0 Å². The lowest BCUT2D eigenvalue weighted by molar-refractivity contribution is -0.119. The van der Waals surface area contributed by atoms with Gasteiger partial charge in [-0.2, -0.15) is 0 Å². The SMILES string of the molecule is Cc1csc(=O)n1CCC(=O)NS(=O)(=O)C1C[C@@H]2CC[C@H]1C2. The zero-order valence-corrected chi connectivity index (χ0v) is 14.1. The van der Waals surface area contributed by atoms with Gasteiger partial charge in [0.05, 0.1) is 5.25 Å². The molecule has 1 N–H and O–H groups in total. The van der Waals surface area contributed by atoms with Crippen LogP contribution >= 0.6 is 11.3 Å². The molecule has 0 saturated heterocycles. The van der Waals surface area contributed by atoms with Crippen molar-refractivity contribution in [3.05, 3.63) is 20.7 Å². The first kappa shape index (κ1) is 15.7. The van der Waals surface area contributed by atoms with Crippen molar-refractivity contribution in [1.82, 2.24) is 9.29 Å². The van der Waals surface area contributed by atoms with Crippen LogP contribution in [0.4, 0.5) is 0 Å². The Kier molecular flexibility index (Phi) is 4.15. The molecule has 2 bridgehead atoms. The molecule has 1 unspecified atom stereocenters. The van der Waals surface area contributed by atoms with Gasteiger partial charge in [0.2, 0.25) is 15.9 Å². The van der Waals surface area contributed by atoms with Crippen LogP contribution < -0.4 is 9.60 Å². The van der Waals surface area contributed by atoms with Crippen LogP contribution in [0.2, 0.25) is 0 Å². The van der Waals surface area contributed by atoms with Crippen LogP contribution in [0.1, 0.15) is 37.8 Å². The molecule has 1 heterocycles. The molecule has 8 heteroatoms. The maximum atomic E-state index is 12.3. The van der Waals surface area contributed by atoms with Gasteiger partial charge in [-0.25, -0.2) is 8.42 Å². The molecule has 3 atom stereocenters. The lowest BCUT2D eigenvalue weighted by Crippen LogP contribution is -2.41. The zero-order valence-electron chi connectivity index (χ0n) is 12.4. The van der Waals surface area contributed by atoms with E-state index >= 15 is 0 Å². The summed E-state index contributed by atoms with van der Waals surface area (Å²) in [7, 11) is -3.59. The summed E-state index contributed by atoms with van der Waals surface area (Å²) in [6.07, 6.45) is 3.72. The minimum absolute atomic E-state index is 0.00246. The van der Waals surface area contributed by atoms with E-state index in [-0.39, 0.29) is 23.8 Å². The fraction of sp³-hybridized carbons (Fsp3) is 0.714. The standard InChI is InChI=1S/C14H20N2O4S2/c1-9-8-21-14(18)16(9)5-4-13(17)15-22(19,20)12-7-10-2-3-11(12)6-10/h8,10-12H,2-7H2,1H3,(H,15,17)/t10-,11+,12?/m1/s1. The Labute approximate surface area is 133 Å². The van der Waals surface area contributed by atoms with Crippen molar-refractivity contribution < 1.29 is 13.2 Å². The first-order chi connectivity index (χ1) is 10.4. The van der Waals surface area contributed by atoms with Crippen molar-refractivity contribution in [3.63, 3.8) is 0 Å². The summed E-state index contributed by atoms with van der Waals surface area (Å²) >= 11 is 1.08. The summed E-state index contributed by atoms with van der Waals surface area (Å²) in [5.41, 5.74) is 0.791. The topological polar surface area (TPSA) is 85.2 Å². The van der Waals surface area contributed by atoms with Gasteiger partial charge in [0, 0.05) is 24.0 Å². The molecule has 1 aromatic rings. The molecule has 1 amide bonds. The number of carbonyl (C=O) groups is 1. The van der Waals surface area contributed by atoms with Gasteiger partial charge in [-0.05, 0) is 38.0 Å². The van der Waals surface area contributed by atoms with Crippen LogP contribution in [-0.4, -0.2) is 24.1 Å². The fourth-order valence-corrected chi connectivity index (χ4v) is 6.35. The first-order valence-corrected chi connectivity index (χ1v) is 9.99. The lowest BCUT2D eigenvalue weighted by atomic mass is 10.0. The van der Waals surface area contributed by atoms with E-state index < -0.39 is 21.2 Å². The van der Waals surface area contributed by atoms with Crippen molar-refractivity contribution in [2.24, 2.45) is 11.8 Å². The predicted molar refractivity (Wildman–Crippen MR) is 84.2 cm³/mol. The third-order valence-electron chi connectivity index (χ3n) is 4.87. The Morgan fingerprint density at radius 1 is 1.41 bits per heavy atom. The Balaban J connectivity index is 1.58. The molecule has 1 aromatic heterocycles. The average molecular weight is 344 g/mol. The van der Waals surface area contributed by atoms with Crippen LogP contribution in [-0.2, 0) is 21.4 Å². The molecule has 2 saturated carbocycles. The number of amides is 1. The minimum Gasteiger partial charge on any atom is -0.303 e. The molecular formula is C14H20N2O4S2. The Morgan fingerprint density at radius 2 is 2.18 bits per heavy atom. The number of aryl methyl sites for hydroxylation is 1. The highest BCUT2D eigenvalue weighted by Crippen LogP contribution is 2.47. The second kappa shape index (κ2) is 5.81. The summed E-state index contributed by atoms with van der Waals surface area (Å²) < 4.78 is 28.4. The van der Waals surface area contributed by atoms with Gasteiger partial charge in [-0.1, -0.05) is 17.8 Å². The fourth-order valence-electron chi connectivity index (χ4n) is 3.74. The Morgan fingerprint density at radius 3 is 2.73 bits per heavy atom. The van der Waals surface area contributed by atoms with E-state index in [4.69, 9.17) is 0 Å². The van der Waals surface area contributed by atoms with E-state index in [2.05, 4.69) is 4.72 Å². The Hall–Kier alpha value is -1.15. The number of fused-ring (bicyclic) bond motifs is 2. The maximum absolute atomic E-state index is 12.3. The summed E-state index contributed by atoms with van der Waals surface area (Å²) in [5.74, 6) is 0.186. The molecule has 0 spiro atoms. The third-order valence-corrected chi connectivity index (χ3v) is 7.63. The van der Waals surface area contributed by atoms with Crippen molar-refractivity contribution in [1.29, 1.82) is 0 Å². The molecule has 22 heavy (non-hydrogen) atoms. The van der Waals surface area contributed by atoms with Crippen LogP contribution in [0, 0.1) is 18.8 Å². The van der Waals surface area contributed by atoms with Gasteiger partial charge in [0.1, 0.15) is 0 Å². The number of nitrogens with zero attached hydrogens (tertiary/aromatic N) is 1. The van der Waals surface area contributed by atoms with Gasteiger partial charge >= 0.3 is 4.87 Å². The summed E-state index contributed by atoms with van der Waals surface area (Å²) in [6.45, 7) is 2.01. The normalized spacial score (nSPS) is 27.2. The molecule has 3 rings (SSSR count).